The molecule has 5 rings (SSSR count). The first-order chi connectivity index (χ1) is 14.8. The van der Waals surface area contributed by atoms with Gasteiger partial charge in [-0.1, -0.05) is 49.6 Å². The number of rotatable bonds is 4. The summed E-state index contributed by atoms with van der Waals surface area (Å²) in [7, 11) is 0. The van der Waals surface area contributed by atoms with Crippen LogP contribution in [0.25, 0.3) is 21.8 Å². The van der Waals surface area contributed by atoms with Crippen LogP contribution in [0.3, 0.4) is 0 Å². The lowest BCUT2D eigenvalue weighted by molar-refractivity contribution is 0.416. The van der Waals surface area contributed by atoms with E-state index in [-0.39, 0.29) is 11.5 Å². The summed E-state index contributed by atoms with van der Waals surface area (Å²) in [6.07, 6.45) is 9.67. The van der Waals surface area contributed by atoms with Crippen molar-refractivity contribution in [1.82, 2.24) is 14.2 Å². The first-order valence-corrected chi connectivity index (χ1v) is 10.9. The molecule has 0 spiro atoms. The van der Waals surface area contributed by atoms with Crippen molar-refractivity contribution in [2.24, 2.45) is 5.10 Å². The number of fused-ring (bicyclic) bond motifs is 2. The van der Waals surface area contributed by atoms with Crippen LogP contribution in [-0.4, -0.2) is 20.4 Å². The molecule has 2 aromatic heterocycles. The molecule has 0 atom stereocenters. The molecule has 1 aliphatic rings. The summed E-state index contributed by atoms with van der Waals surface area (Å²) in [6, 6.07) is 15.9. The minimum absolute atomic E-state index is 0.0864. The van der Waals surface area contributed by atoms with Crippen LogP contribution in [0.4, 0.5) is 0 Å². The van der Waals surface area contributed by atoms with E-state index in [1.807, 2.05) is 42.6 Å². The van der Waals surface area contributed by atoms with Gasteiger partial charge in [-0.15, -0.1) is 0 Å². The Balaban J connectivity index is 1.66. The van der Waals surface area contributed by atoms with E-state index in [0.29, 0.717) is 5.39 Å². The first kappa shape index (κ1) is 18.8. The van der Waals surface area contributed by atoms with Crippen LogP contribution in [0.15, 0.2) is 64.6 Å². The van der Waals surface area contributed by atoms with Gasteiger partial charge in [-0.2, -0.15) is 9.78 Å². The van der Waals surface area contributed by atoms with Gasteiger partial charge in [-0.25, -0.2) is 4.98 Å². The maximum absolute atomic E-state index is 13.3. The molecule has 1 saturated carbocycles. The van der Waals surface area contributed by atoms with Gasteiger partial charge in [-0.05, 0) is 38.0 Å². The van der Waals surface area contributed by atoms with Crippen molar-refractivity contribution < 1.29 is 0 Å². The highest BCUT2D eigenvalue weighted by Crippen LogP contribution is 2.31. The average molecular weight is 399 g/mol. The maximum Gasteiger partial charge on any atom is 0.282 e. The van der Waals surface area contributed by atoms with Crippen LogP contribution < -0.4 is 5.56 Å². The third-order valence-electron chi connectivity index (χ3n) is 6.22. The number of hydrogen-bond donors (Lipinski definition) is 0. The Kier molecular flexibility index (Phi) is 4.95. The Morgan fingerprint density at radius 2 is 1.77 bits per heavy atom. The predicted octanol–water partition coefficient (Wildman–Crippen LogP) is 5.30. The maximum atomic E-state index is 13.3. The lowest BCUT2D eigenvalue weighted by atomic mass is 9.88. The minimum atomic E-state index is -0.0864. The normalized spacial score (nSPS) is 15.5. The van der Waals surface area contributed by atoms with Crippen molar-refractivity contribution in [3.8, 4) is 0 Å². The Morgan fingerprint density at radius 1 is 1.03 bits per heavy atom. The highest BCUT2D eigenvalue weighted by atomic mass is 16.1. The van der Waals surface area contributed by atoms with Gasteiger partial charge in [0.1, 0.15) is 5.82 Å². The molecule has 0 unspecified atom stereocenters. The molecule has 152 valence electrons. The van der Waals surface area contributed by atoms with E-state index >= 15 is 0 Å². The standard InChI is InChI=1S/C25H26N4O/c1-2-28-17-19(20-12-7-9-15-23(20)28)16-26-29-24(18-10-4-3-5-11-18)27-22-14-8-6-13-21(22)25(29)30/h6-9,12-18H,2-5,10-11H2,1H3. The van der Waals surface area contributed by atoms with Gasteiger partial charge >= 0.3 is 0 Å². The summed E-state index contributed by atoms with van der Waals surface area (Å²) in [5, 5.41) is 6.46. The zero-order valence-electron chi connectivity index (χ0n) is 17.3. The second kappa shape index (κ2) is 7.90. The molecule has 1 aliphatic carbocycles. The molecule has 5 nitrogen and oxygen atoms in total. The smallest absolute Gasteiger partial charge is 0.282 e. The zero-order valence-corrected chi connectivity index (χ0v) is 17.3. The van der Waals surface area contributed by atoms with Crippen LogP contribution in [0.5, 0.6) is 0 Å². The highest BCUT2D eigenvalue weighted by Gasteiger charge is 2.22. The molecule has 1 fully saturated rings. The molecule has 0 saturated heterocycles. The number of aromatic nitrogens is 3. The summed E-state index contributed by atoms with van der Waals surface area (Å²) < 4.78 is 3.76. The summed E-state index contributed by atoms with van der Waals surface area (Å²) in [4.78, 5) is 18.2. The van der Waals surface area contributed by atoms with Crippen molar-refractivity contribution in [2.45, 2.75) is 51.5 Å². The Labute approximate surface area is 175 Å². The third kappa shape index (κ3) is 3.24. The number of benzene rings is 2. The Morgan fingerprint density at radius 3 is 2.57 bits per heavy atom. The second-order valence-corrected chi connectivity index (χ2v) is 8.07. The molecule has 5 heteroatoms. The number of para-hydroxylation sites is 2. The molecule has 0 N–H and O–H groups in total. The molecule has 0 aliphatic heterocycles. The van der Waals surface area contributed by atoms with E-state index in [4.69, 9.17) is 10.1 Å². The van der Waals surface area contributed by atoms with Gasteiger partial charge in [0.05, 0.1) is 17.1 Å². The average Bonchev–Trinajstić information content (AvgIpc) is 3.17. The molecule has 0 radical (unpaired) electrons. The van der Waals surface area contributed by atoms with Crippen molar-refractivity contribution in [2.75, 3.05) is 0 Å². The zero-order chi connectivity index (χ0) is 20.5. The Hall–Kier alpha value is -3.21. The molecule has 4 aromatic rings. The fourth-order valence-corrected chi connectivity index (χ4v) is 4.64. The molecular formula is C25H26N4O. The summed E-state index contributed by atoms with van der Waals surface area (Å²) in [5.41, 5.74) is 2.87. The van der Waals surface area contributed by atoms with Gasteiger partial charge in [0.2, 0.25) is 0 Å². The fraction of sp³-hybridized carbons (Fsp3) is 0.320. The largest absolute Gasteiger partial charge is 0.347 e. The summed E-state index contributed by atoms with van der Waals surface area (Å²) in [6.45, 7) is 3.02. The van der Waals surface area contributed by atoms with Gasteiger partial charge in [0, 0.05) is 35.1 Å². The van der Waals surface area contributed by atoms with E-state index < -0.39 is 0 Å². The molecule has 30 heavy (non-hydrogen) atoms. The summed E-state index contributed by atoms with van der Waals surface area (Å²) >= 11 is 0. The third-order valence-corrected chi connectivity index (χ3v) is 6.22. The van der Waals surface area contributed by atoms with Gasteiger partial charge in [0.15, 0.2) is 0 Å². The van der Waals surface area contributed by atoms with Crippen LogP contribution in [-0.2, 0) is 6.54 Å². The van der Waals surface area contributed by atoms with Crippen molar-refractivity contribution >= 4 is 28.0 Å². The van der Waals surface area contributed by atoms with Gasteiger partial charge in [-0.3, -0.25) is 4.79 Å². The first-order valence-electron chi connectivity index (χ1n) is 10.9. The molecule has 0 amide bonds. The van der Waals surface area contributed by atoms with Crippen molar-refractivity contribution in [3.05, 3.63) is 76.5 Å². The van der Waals surface area contributed by atoms with Gasteiger partial charge < -0.3 is 4.57 Å². The van der Waals surface area contributed by atoms with Crippen LogP contribution in [0, 0.1) is 0 Å². The minimum Gasteiger partial charge on any atom is -0.347 e. The van der Waals surface area contributed by atoms with E-state index in [1.54, 1.807) is 4.68 Å². The van der Waals surface area contributed by atoms with E-state index in [1.165, 1.54) is 24.8 Å². The number of nitrogens with zero attached hydrogens (tertiary/aromatic N) is 4. The predicted molar refractivity (Wildman–Crippen MR) is 122 cm³/mol. The van der Waals surface area contributed by atoms with E-state index in [9.17, 15) is 4.79 Å². The molecule has 2 aromatic carbocycles. The topological polar surface area (TPSA) is 52.2 Å². The lowest BCUT2D eigenvalue weighted by Gasteiger charge is -2.22. The quantitative estimate of drug-likeness (QED) is 0.438. The Bertz CT molecular complexity index is 1290. The number of aryl methyl sites for hydroxylation is 1. The van der Waals surface area contributed by atoms with Gasteiger partial charge in [0.25, 0.3) is 5.56 Å². The lowest BCUT2D eigenvalue weighted by Crippen LogP contribution is -2.25. The van der Waals surface area contributed by atoms with E-state index in [2.05, 4.69) is 29.8 Å². The summed E-state index contributed by atoms with van der Waals surface area (Å²) in [5.74, 6) is 1.08. The van der Waals surface area contributed by atoms with Crippen molar-refractivity contribution in [1.29, 1.82) is 0 Å². The fourth-order valence-electron chi connectivity index (χ4n) is 4.64. The van der Waals surface area contributed by atoms with Crippen LogP contribution >= 0.6 is 0 Å². The highest BCUT2D eigenvalue weighted by molar-refractivity contribution is 5.99. The van der Waals surface area contributed by atoms with Crippen molar-refractivity contribution in [3.63, 3.8) is 0 Å². The van der Waals surface area contributed by atoms with Crippen LogP contribution in [0.1, 0.15) is 56.3 Å². The SMILES string of the molecule is CCn1cc(C=Nn2c(C3CCCCC3)nc3ccccc3c2=O)c2ccccc21. The second-order valence-electron chi connectivity index (χ2n) is 8.07. The monoisotopic (exact) mass is 398 g/mol. The molecular weight excluding hydrogens is 372 g/mol. The molecule has 2 heterocycles. The number of hydrogen-bond acceptors (Lipinski definition) is 3. The molecule has 0 bridgehead atoms. The van der Waals surface area contributed by atoms with E-state index in [0.717, 1.165) is 41.7 Å². The van der Waals surface area contributed by atoms with Crippen LogP contribution in [0.2, 0.25) is 0 Å².